The molecule has 0 aliphatic heterocycles. The van der Waals surface area contributed by atoms with Crippen molar-refractivity contribution in [3.63, 3.8) is 0 Å². The van der Waals surface area contributed by atoms with Crippen LogP contribution in [0.1, 0.15) is 19.3 Å². The molecule has 1 saturated carbocycles. The molecule has 1 fully saturated rings. The molecule has 0 radical (unpaired) electrons. The second-order valence-electron chi connectivity index (χ2n) is 3.26. The average Bonchev–Trinajstić information content (AvgIpc) is 1.85. The van der Waals surface area contributed by atoms with Crippen molar-refractivity contribution in [3.05, 3.63) is 0 Å². The lowest BCUT2D eigenvalue weighted by Gasteiger charge is -2.28. The van der Waals surface area contributed by atoms with Crippen LogP contribution in [-0.4, -0.2) is 23.2 Å². The molecule has 2 atom stereocenters. The van der Waals surface area contributed by atoms with Crippen LogP contribution in [-0.2, 0) is 4.79 Å². The molecule has 5 N–H and O–H groups in total. The molecule has 4 heteroatoms. The Morgan fingerprint density at radius 3 is 2.00 bits per heavy atom. The van der Waals surface area contributed by atoms with Crippen LogP contribution in [0.5, 0.6) is 0 Å². The third-order valence-electron chi connectivity index (χ3n) is 2.13. The van der Waals surface area contributed by atoms with Crippen LogP contribution in [0.2, 0.25) is 0 Å². The normalized spacial score (nSPS) is 38.5. The van der Waals surface area contributed by atoms with Crippen LogP contribution in [0.15, 0.2) is 0 Å². The molecule has 0 bridgehead atoms. The van der Waals surface area contributed by atoms with E-state index >= 15 is 0 Å². The van der Waals surface area contributed by atoms with Gasteiger partial charge >= 0.3 is 5.97 Å². The Balaban J connectivity index is 2.49. The van der Waals surface area contributed by atoms with Gasteiger partial charge in [0.25, 0.3) is 0 Å². The maximum Gasteiger partial charge on any atom is 0.306 e. The highest BCUT2D eigenvalue weighted by molar-refractivity contribution is 5.70. The number of nitrogens with two attached hydrogens (primary N) is 2. The van der Waals surface area contributed by atoms with Gasteiger partial charge in [0.1, 0.15) is 0 Å². The summed E-state index contributed by atoms with van der Waals surface area (Å²) in [5.74, 6) is -1.09. The summed E-state index contributed by atoms with van der Waals surface area (Å²) < 4.78 is 0. The van der Waals surface area contributed by atoms with Gasteiger partial charge < -0.3 is 16.6 Å². The van der Waals surface area contributed by atoms with Gasteiger partial charge in [-0.25, -0.2) is 0 Å². The first kappa shape index (κ1) is 8.49. The smallest absolute Gasteiger partial charge is 0.306 e. The third-order valence-corrected chi connectivity index (χ3v) is 2.13. The maximum atomic E-state index is 10.5. The summed E-state index contributed by atoms with van der Waals surface area (Å²) >= 11 is 0. The average molecular weight is 158 g/mol. The van der Waals surface area contributed by atoms with Crippen molar-refractivity contribution >= 4 is 5.97 Å². The predicted octanol–water partition coefficient (Wildman–Crippen LogP) is -0.474. The summed E-state index contributed by atoms with van der Waals surface area (Å²) in [5, 5.41) is 8.66. The molecular formula is C7H14N2O2. The van der Waals surface area contributed by atoms with E-state index in [9.17, 15) is 4.79 Å². The Kier molecular flexibility index (Phi) is 2.46. The lowest BCUT2D eigenvalue weighted by molar-refractivity contribution is -0.143. The van der Waals surface area contributed by atoms with Gasteiger partial charge in [-0.05, 0) is 19.3 Å². The molecule has 0 saturated heterocycles. The van der Waals surface area contributed by atoms with Crippen molar-refractivity contribution in [3.8, 4) is 0 Å². The zero-order chi connectivity index (χ0) is 8.43. The standard InChI is InChI=1S/C7H14N2O2/c8-5-1-4(7(10)11)2-6(9)3-5/h4-6H,1-3,8-9H2,(H,10,11). The number of carboxylic acid groups (broad SMARTS) is 1. The molecule has 0 aromatic heterocycles. The van der Waals surface area contributed by atoms with Gasteiger partial charge in [0.15, 0.2) is 0 Å². The maximum absolute atomic E-state index is 10.5. The van der Waals surface area contributed by atoms with Gasteiger partial charge in [0.2, 0.25) is 0 Å². The fraction of sp³-hybridized carbons (Fsp3) is 0.857. The van der Waals surface area contributed by atoms with Crippen molar-refractivity contribution in [2.24, 2.45) is 17.4 Å². The second-order valence-corrected chi connectivity index (χ2v) is 3.26. The topological polar surface area (TPSA) is 89.3 Å². The van der Waals surface area contributed by atoms with Crippen molar-refractivity contribution in [2.75, 3.05) is 0 Å². The fourth-order valence-corrected chi connectivity index (χ4v) is 1.61. The molecule has 0 spiro atoms. The number of hydrogen-bond acceptors (Lipinski definition) is 3. The molecule has 11 heavy (non-hydrogen) atoms. The highest BCUT2D eigenvalue weighted by Crippen LogP contribution is 2.22. The van der Waals surface area contributed by atoms with Crippen LogP contribution in [0.3, 0.4) is 0 Å². The number of rotatable bonds is 1. The van der Waals surface area contributed by atoms with E-state index in [1.165, 1.54) is 0 Å². The van der Waals surface area contributed by atoms with E-state index in [-0.39, 0.29) is 18.0 Å². The minimum Gasteiger partial charge on any atom is -0.481 e. The molecule has 0 aromatic rings. The summed E-state index contributed by atoms with van der Waals surface area (Å²) in [6.45, 7) is 0. The molecule has 2 unspecified atom stereocenters. The van der Waals surface area contributed by atoms with Crippen molar-refractivity contribution < 1.29 is 9.90 Å². The molecule has 1 aliphatic rings. The van der Waals surface area contributed by atoms with E-state index in [4.69, 9.17) is 16.6 Å². The van der Waals surface area contributed by atoms with E-state index in [1.807, 2.05) is 0 Å². The highest BCUT2D eigenvalue weighted by Gasteiger charge is 2.28. The van der Waals surface area contributed by atoms with Gasteiger partial charge in [-0.3, -0.25) is 4.79 Å². The fourth-order valence-electron chi connectivity index (χ4n) is 1.61. The molecule has 0 aromatic carbocycles. The first-order valence-electron chi connectivity index (χ1n) is 3.83. The molecule has 4 nitrogen and oxygen atoms in total. The van der Waals surface area contributed by atoms with Crippen molar-refractivity contribution in [1.82, 2.24) is 0 Å². The molecule has 0 heterocycles. The first-order chi connectivity index (χ1) is 5.09. The molecule has 1 aliphatic carbocycles. The van der Waals surface area contributed by atoms with Crippen molar-refractivity contribution in [2.45, 2.75) is 31.3 Å². The van der Waals surface area contributed by atoms with E-state index in [2.05, 4.69) is 0 Å². The van der Waals surface area contributed by atoms with Gasteiger partial charge in [-0.1, -0.05) is 0 Å². The largest absolute Gasteiger partial charge is 0.481 e. The van der Waals surface area contributed by atoms with Crippen LogP contribution >= 0.6 is 0 Å². The number of carboxylic acids is 1. The van der Waals surface area contributed by atoms with Gasteiger partial charge in [0.05, 0.1) is 5.92 Å². The summed E-state index contributed by atoms with van der Waals surface area (Å²) in [6.07, 6.45) is 1.90. The van der Waals surface area contributed by atoms with E-state index in [0.717, 1.165) is 6.42 Å². The molecule has 1 rings (SSSR count). The van der Waals surface area contributed by atoms with Crippen LogP contribution in [0, 0.1) is 5.92 Å². The van der Waals surface area contributed by atoms with E-state index in [0.29, 0.717) is 12.8 Å². The third kappa shape index (κ3) is 2.17. The van der Waals surface area contributed by atoms with E-state index in [1.54, 1.807) is 0 Å². The molecule has 64 valence electrons. The number of carbonyl (C=O) groups is 1. The Hall–Kier alpha value is -0.610. The highest BCUT2D eigenvalue weighted by atomic mass is 16.4. The zero-order valence-corrected chi connectivity index (χ0v) is 6.36. The van der Waals surface area contributed by atoms with Gasteiger partial charge in [-0.2, -0.15) is 0 Å². The SMILES string of the molecule is NC1CC(N)CC(C(=O)O)C1. The number of hydrogen-bond donors (Lipinski definition) is 3. The minimum atomic E-state index is -0.768. The monoisotopic (exact) mass is 158 g/mol. The number of aliphatic carboxylic acids is 1. The Bertz CT molecular complexity index is 151. The lowest BCUT2D eigenvalue weighted by Crippen LogP contribution is -2.41. The predicted molar refractivity (Wildman–Crippen MR) is 40.9 cm³/mol. The van der Waals surface area contributed by atoms with Crippen LogP contribution < -0.4 is 11.5 Å². The first-order valence-corrected chi connectivity index (χ1v) is 3.83. The molecular weight excluding hydrogens is 144 g/mol. The Morgan fingerprint density at radius 1 is 1.18 bits per heavy atom. The minimum absolute atomic E-state index is 0.0279. The zero-order valence-electron chi connectivity index (χ0n) is 6.36. The molecule has 0 amide bonds. The van der Waals surface area contributed by atoms with Gasteiger partial charge in [0, 0.05) is 12.1 Å². The summed E-state index contributed by atoms with van der Waals surface area (Å²) in [7, 11) is 0. The van der Waals surface area contributed by atoms with Crippen LogP contribution in [0.4, 0.5) is 0 Å². The Morgan fingerprint density at radius 2 is 1.64 bits per heavy atom. The van der Waals surface area contributed by atoms with E-state index < -0.39 is 5.97 Å². The van der Waals surface area contributed by atoms with Gasteiger partial charge in [-0.15, -0.1) is 0 Å². The van der Waals surface area contributed by atoms with Crippen molar-refractivity contribution in [1.29, 1.82) is 0 Å². The second kappa shape index (κ2) is 3.19. The summed E-state index contributed by atoms with van der Waals surface area (Å²) in [6, 6.07) is -0.0558. The quantitative estimate of drug-likeness (QED) is 0.481. The lowest BCUT2D eigenvalue weighted by atomic mass is 9.83. The van der Waals surface area contributed by atoms with Crippen LogP contribution in [0.25, 0.3) is 0 Å². The summed E-state index contributed by atoms with van der Waals surface area (Å²) in [5.41, 5.74) is 11.2. The summed E-state index contributed by atoms with van der Waals surface area (Å²) in [4.78, 5) is 10.5. The Labute approximate surface area is 65.6 Å².